The van der Waals surface area contributed by atoms with Crippen molar-refractivity contribution in [2.45, 2.75) is 73.1 Å². The molecule has 17 heavy (non-hydrogen) atoms. The molecule has 0 spiro atoms. The molecule has 104 valence electrons. The summed E-state index contributed by atoms with van der Waals surface area (Å²) < 4.78 is 6.46. The van der Waals surface area contributed by atoms with Crippen LogP contribution in [0.2, 0.25) is 17.7 Å². The molecule has 0 bridgehead atoms. The van der Waals surface area contributed by atoms with Gasteiger partial charge in [-0.2, -0.15) is 0 Å². The van der Waals surface area contributed by atoms with Crippen LogP contribution in [0.15, 0.2) is 0 Å². The summed E-state index contributed by atoms with van der Waals surface area (Å²) in [6.45, 7) is 19.5. The molecule has 0 heterocycles. The fourth-order valence-electron chi connectivity index (χ4n) is 3.96. The molecule has 0 rings (SSSR count). The van der Waals surface area contributed by atoms with Crippen molar-refractivity contribution in [3.8, 4) is 0 Å². The predicted octanol–water partition coefficient (Wildman–Crippen LogP) is 6.06. The quantitative estimate of drug-likeness (QED) is 0.468. The van der Waals surface area contributed by atoms with Crippen LogP contribution in [-0.4, -0.2) is 18.4 Å². The normalized spacial score (nSPS) is 13.4. The monoisotopic (exact) mass is 348 g/mol. The van der Waals surface area contributed by atoms with Crippen LogP contribution in [0.25, 0.3) is 0 Å². The zero-order valence-corrected chi connectivity index (χ0v) is 16.5. The number of rotatable bonds is 8. The summed E-state index contributed by atoms with van der Waals surface area (Å²) in [6.07, 6.45) is 0. The van der Waals surface area contributed by atoms with Crippen LogP contribution < -0.4 is 0 Å². The molecular formula is C16H36Sn. The van der Waals surface area contributed by atoms with Crippen molar-refractivity contribution in [2.75, 3.05) is 0 Å². The van der Waals surface area contributed by atoms with Crippen LogP contribution in [-0.2, 0) is 0 Å². The first-order valence-corrected chi connectivity index (χ1v) is 15.7. The molecule has 0 aromatic carbocycles. The Hall–Kier alpha value is 0.799. The molecule has 0 aromatic rings. The number of hydrogen-bond acceptors (Lipinski definition) is 0. The van der Waals surface area contributed by atoms with E-state index in [1.165, 1.54) is 0 Å². The second kappa shape index (κ2) is 8.07. The van der Waals surface area contributed by atoms with Gasteiger partial charge in [0.25, 0.3) is 0 Å². The van der Waals surface area contributed by atoms with E-state index in [0.29, 0.717) is 0 Å². The molecule has 0 amide bonds. The first kappa shape index (κ1) is 17.8. The Balaban J connectivity index is 4.89. The fraction of sp³-hybridized carbons (Fsp3) is 1.00. The van der Waals surface area contributed by atoms with Crippen molar-refractivity contribution in [3.05, 3.63) is 0 Å². The van der Waals surface area contributed by atoms with E-state index in [1.54, 1.807) is 17.7 Å². The van der Waals surface area contributed by atoms with Gasteiger partial charge in [0.1, 0.15) is 0 Å². The molecule has 1 heteroatoms. The predicted molar refractivity (Wildman–Crippen MR) is 84.3 cm³/mol. The topological polar surface area (TPSA) is 0 Å². The Kier molecular flexibility index (Phi) is 8.45. The average molecular weight is 347 g/mol. The van der Waals surface area contributed by atoms with E-state index < -0.39 is 18.4 Å². The molecule has 0 saturated heterocycles. The van der Waals surface area contributed by atoms with Gasteiger partial charge in [0, 0.05) is 0 Å². The summed E-state index contributed by atoms with van der Waals surface area (Å²) in [5.41, 5.74) is 0. The molecule has 0 radical (unpaired) electrons. The third kappa shape index (κ3) is 8.50. The number of hydrogen-bond donors (Lipinski definition) is 0. The van der Waals surface area contributed by atoms with Crippen molar-refractivity contribution in [2.24, 2.45) is 23.7 Å². The van der Waals surface area contributed by atoms with Crippen molar-refractivity contribution in [1.82, 2.24) is 0 Å². The first-order valence-electron chi connectivity index (χ1n) is 7.67. The van der Waals surface area contributed by atoms with Crippen molar-refractivity contribution in [3.63, 3.8) is 0 Å². The van der Waals surface area contributed by atoms with Crippen LogP contribution in [0.4, 0.5) is 0 Å². The second-order valence-corrected chi connectivity index (χ2v) is 21.1. The van der Waals surface area contributed by atoms with Gasteiger partial charge in [-0.15, -0.1) is 0 Å². The van der Waals surface area contributed by atoms with Gasteiger partial charge >= 0.3 is 115 Å². The molecule has 0 aliphatic carbocycles. The summed E-state index contributed by atoms with van der Waals surface area (Å²) in [7, 11) is 0. The standard InChI is InChI=1S/4C4H9.Sn/c4*1-4(2)3;/h4*4H,1H2,2-3H3;. The summed E-state index contributed by atoms with van der Waals surface area (Å²) in [5, 5.41) is 0. The average Bonchev–Trinajstić information content (AvgIpc) is 1.95. The van der Waals surface area contributed by atoms with E-state index >= 15 is 0 Å². The van der Waals surface area contributed by atoms with E-state index in [4.69, 9.17) is 0 Å². The van der Waals surface area contributed by atoms with Gasteiger partial charge in [-0.1, -0.05) is 0 Å². The molecule has 0 atom stereocenters. The van der Waals surface area contributed by atoms with Crippen LogP contribution in [0.1, 0.15) is 55.4 Å². The van der Waals surface area contributed by atoms with E-state index in [0.717, 1.165) is 23.7 Å². The van der Waals surface area contributed by atoms with Gasteiger partial charge < -0.3 is 0 Å². The third-order valence-electron chi connectivity index (χ3n) is 3.37. The van der Waals surface area contributed by atoms with Crippen molar-refractivity contribution < 1.29 is 0 Å². The zero-order chi connectivity index (χ0) is 13.6. The minimum absolute atomic E-state index is 0.919. The molecule has 0 nitrogen and oxygen atoms in total. The minimum atomic E-state index is -1.89. The van der Waals surface area contributed by atoms with E-state index in [1.807, 2.05) is 0 Å². The van der Waals surface area contributed by atoms with Gasteiger partial charge in [0.15, 0.2) is 0 Å². The summed E-state index contributed by atoms with van der Waals surface area (Å²) >= 11 is -1.89. The summed E-state index contributed by atoms with van der Waals surface area (Å²) in [6, 6.07) is 0. The summed E-state index contributed by atoms with van der Waals surface area (Å²) in [4.78, 5) is 0. The van der Waals surface area contributed by atoms with Gasteiger partial charge in [-0.25, -0.2) is 0 Å². The maximum atomic E-state index is 2.44. The van der Waals surface area contributed by atoms with Crippen LogP contribution in [0, 0.1) is 23.7 Å². The van der Waals surface area contributed by atoms with Gasteiger partial charge in [0.2, 0.25) is 0 Å². The molecule has 0 aliphatic rings. The Bertz CT molecular complexity index is 146. The van der Waals surface area contributed by atoms with Gasteiger partial charge in [-0.05, 0) is 0 Å². The van der Waals surface area contributed by atoms with Crippen LogP contribution >= 0.6 is 0 Å². The third-order valence-corrected chi connectivity index (χ3v) is 22.6. The Morgan fingerprint density at radius 1 is 0.471 bits per heavy atom. The van der Waals surface area contributed by atoms with Gasteiger partial charge in [0.05, 0.1) is 0 Å². The molecule has 0 aliphatic heterocycles. The van der Waals surface area contributed by atoms with Crippen LogP contribution in [0.3, 0.4) is 0 Å². The van der Waals surface area contributed by atoms with E-state index in [9.17, 15) is 0 Å². The maximum absolute atomic E-state index is 2.44. The van der Waals surface area contributed by atoms with Crippen molar-refractivity contribution in [1.29, 1.82) is 0 Å². The SMILES string of the molecule is CC(C)[CH2][Sn]([CH2]C(C)C)([CH2]C(C)C)[CH2]C(C)C. The molecule has 0 saturated carbocycles. The first-order chi connectivity index (χ1) is 7.67. The van der Waals surface area contributed by atoms with Gasteiger partial charge in [-0.3, -0.25) is 0 Å². The molecule has 0 aromatic heterocycles. The summed E-state index contributed by atoms with van der Waals surface area (Å²) in [5.74, 6) is 3.67. The second-order valence-electron chi connectivity index (χ2n) is 7.89. The van der Waals surface area contributed by atoms with Crippen LogP contribution in [0.5, 0.6) is 0 Å². The molecular weight excluding hydrogens is 311 g/mol. The van der Waals surface area contributed by atoms with Crippen molar-refractivity contribution >= 4 is 18.4 Å². The molecule has 0 unspecified atom stereocenters. The zero-order valence-electron chi connectivity index (χ0n) is 13.6. The Morgan fingerprint density at radius 3 is 0.765 bits per heavy atom. The van der Waals surface area contributed by atoms with E-state index in [2.05, 4.69) is 55.4 Å². The Morgan fingerprint density at radius 2 is 0.647 bits per heavy atom. The molecule has 0 N–H and O–H groups in total. The fourth-order valence-corrected chi connectivity index (χ4v) is 26.6. The van der Waals surface area contributed by atoms with E-state index in [-0.39, 0.29) is 0 Å². The molecule has 0 fully saturated rings. The Labute approximate surface area is 115 Å².